The highest BCUT2D eigenvalue weighted by Gasteiger charge is 2.11. The van der Waals surface area contributed by atoms with Gasteiger partial charge >= 0.3 is 0 Å². The normalized spacial score (nSPS) is 12.3. The highest BCUT2D eigenvalue weighted by atomic mass is 28.2. The van der Waals surface area contributed by atoms with Gasteiger partial charge in [-0.15, -0.1) is 0 Å². The summed E-state index contributed by atoms with van der Waals surface area (Å²) in [5, 5.41) is 0. The number of hydrogen-bond donors (Lipinski definition) is 1. The molecule has 0 bridgehead atoms. The first kappa shape index (κ1) is 12.9. The van der Waals surface area contributed by atoms with E-state index in [1.807, 2.05) is 36.4 Å². The third-order valence-corrected chi connectivity index (χ3v) is 3.32. The SMILES string of the molecule is C[Si]OC(Cc1cccc(N)c1)c1ccccc1. The van der Waals surface area contributed by atoms with Crippen molar-refractivity contribution < 1.29 is 4.43 Å². The molecule has 0 aliphatic rings. The van der Waals surface area contributed by atoms with Crippen molar-refractivity contribution in [1.29, 1.82) is 0 Å². The molecule has 0 amide bonds. The molecule has 1 unspecified atom stereocenters. The summed E-state index contributed by atoms with van der Waals surface area (Å²) in [6.45, 7) is 2.05. The fraction of sp³-hybridized carbons (Fsp3) is 0.200. The van der Waals surface area contributed by atoms with Crippen LogP contribution in [0.25, 0.3) is 0 Å². The lowest BCUT2D eigenvalue weighted by Crippen LogP contribution is -2.09. The van der Waals surface area contributed by atoms with Crippen LogP contribution >= 0.6 is 0 Å². The number of anilines is 1. The third-order valence-electron chi connectivity index (χ3n) is 2.80. The van der Waals surface area contributed by atoms with Crippen LogP contribution in [0.15, 0.2) is 54.6 Å². The van der Waals surface area contributed by atoms with Crippen LogP contribution in [0.3, 0.4) is 0 Å². The van der Waals surface area contributed by atoms with Crippen molar-refractivity contribution >= 4 is 15.5 Å². The lowest BCUT2D eigenvalue weighted by molar-refractivity contribution is 0.219. The molecule has 0 spiro atoms. The number of nitrogen functional groups attached to an aromatic ring is 1. The van der Waals surface area contributed by atoms with E-state index in [1.54, 1.807) is 0 Å². The van der Waals surface area contributed by atoms with Crippen LogP contribution in [-0.4, -0.2) is 9.76 Å². The number of nitrogens with two attached hydrogens (primary N) is 1. The zero-order chi connectivity index (χ0) is 12.8. The van der Waals surface area contributed by atoms with E-state index in [-0.39, 0.29) is 6.10 Å². The van der Waals surface area contributed by atoms with E-state index in [0.29, 0.717) is 9.76 Å². The topological polar surface area (TPSA) is 35.2 Å². The Kier molecular flexibility index (Phi) is 4.56. The molecule has 2 nitrogen and oxygen atoms in total. The van der Waals surface area contributed by atoms with Gasteiger partial charge in [-0.05, 0) is 29.8 Å². The average Bonchev–Trinajstić information content (AvgIpc) is 2.39. The number of rotatable bonds is 5. The summed E-state index contributed by atoms with van der Waals surface area (Å²) in [4.78, 5) is 0. The first-order valence-electron chi connectivity index (χ1n) is 6.01. The molecule has 0 saturated heterocycles. The second-order valence-electron chi connectivity index (χ2n) is 4.17. The van der Waals surface area contributed by atoms with Gasteiger partial charge in [0.2, 0.25) is 9.76 Å². The molecule has 92 valence electrons. The van der Waals surface area contributed by atoms with Crippen molar-refractivity contribution in [2.24, 2.45) is 0 Å². The number of hydrogen-bond acceptors (Lipinski definition) is 2. The third kappa shape index (κ3) is 3.45. The van der Waals surface area contributed by atoms with Crippen molar-refractivity contribution in [1.82, 2.24) is 0 Å². The largest absolute Gasteiger partial charge is 0.411 e. The van der Waals surface area contributed by atoms with Gasteiger partial charge in [0.1, 0.15) is 0 Å². The van der Waals surface area contributed by atoms with E-state index in [2.05, 4.69) is 24.7 Å². The minimum absolute atomic E-state index is 0.108. The Balaban J connectivity index is 2.16. The summed E-state index contributed by atoms with van der Waals surface area (Å²) in [6, 6.07) is 18.3. The van der Waals surface area contributed by atoms with Crippen molar-refractivity contribution in [3.63, 3.8) is 0 Å². The van der Waals surface area contributed by atoms with Crippen LogP contribution in [0.2, 0.25) is 6.55 Å². The molecule has 0 fully saturated rings. The lowest BCUT2D eigenvalue weighted by atomic mass is 10.0. The van der Waals surface area contributed by atoms with E-state index in [4.69, 9.17) is 10.2 Å². The van der Waals surface area contributed by atoms with E-state index in [9.17, 15) is 0 Å². The van der Waals surface area contributed by atoms with Gasteiger partial charge in [0.05, 0.1) is 6.10 Å². The predicted octanol–water partition coefficient (Wildman–Crippen LogP) is 3.24. The molecule has 0 heterocycles. The summed E-state index contributed by atoms with van der Waals surface area (Å²) in [5.74, 6) is 0. The first-order chi connectivity index (χ1) is 8.79. The molecule has 1 atom stereocenters. The quantitative estimate of drug-likeness (QED) is 0.657. The monoisotopic (exact) mass is 255 g/mol. The van der Waals surface area contributed by atoms with Crippen LogP contribution in [0, 0.1) is 0 Å². The second kappa shape index (κ2) is 6.38. The summed E-state index contributed by atoms with van der Waals surface area (Å²) in [6.07, 6.45) is 0.965. The van der Waals surface area contributed by atoms with Gasteiger partial charge < -0.3 is 10.2 Å². The van der Waals surface area contributed by atoms with Gasteiger partial charge in [0.25, 0.3) is 0 Å². The molecule has 18 heavy (non-hydrogen) atoms. The standard InChI is InChI=1S/C15H17NOSi/c1-18-17-15(13-7-3-2-4-8-13)11-12-6-5-9-14(16)10-12/h2-10,15H,11,16H2,1H3. The Morgan fingerprint density at radius 3 is 2.56 bits per heavy atom. The molecular formula is C15H17NOSi. The van der Waals surface area contributed by atoms with E-state index in [0.717, 1.165) is 12.1 Å². The molecule has 2 N–H and O–H groups in total. The molecule has 0 aliphatic heterocycles. The molecule has 2 radical (unpaired) electrons. The van der Waals surface area contributed by atoms with Crippen LogP contribution < -0.4 is 5.73 Å². The molecule has 3 heteroatoms. The molecular weight excluding hydrogens is 238 g/mol. The highest BCUT2D eigenvalue weighted by Crippen LogP contribution is 2.22. The fourth-order valence-corrected chi connectivity index (χ4v) is 2.48. The van der Waals surface area contributed by atoms with Gasteiger partial charge in [-0.3, -0.25) is 0 Å². The van der Waals surface area contributed by atoms with Crippen LogP contribution in [-0.2, 0) is 10.8 Å². The molecule has 2 aromatic rings. The zero-order valence-corrected chi connectivity index (χ0v) is 11.5. The minimum Gasteiger partial charge on any atom is -0.411 e. The Bertz CT molecular complexity index is 487. The summed E-state index contributed by atoms with van der Waals surface area (Å²) >= 11 is 0. The van der Waals surface area contributed by atoms with Gasteiger partial charge in [-0.1, -0.05) is 42.5 Å². The lowest BCUT2D eigenvalue weighted by Gasteiger charge is -2.17. The number of benzene rings is 2. The molecule has 2 aromatic carbocycles. The van der Waals surface area contributed by atoms with Gasteiger partial charge in [0.15, 0.2) is 0 Å². The van der Waals surface area contributed by atoms with E-state index in [1.165, 1.54) is 11.1 Å². The maximum absolute atomic E-state index is 5.86. The van der Waals surface area contributed by atoms with Crippen LogP contribution in [0.1, 0.15) is 17.2 Å². The Morgan fingerprint density at radius 1 is 1.11 bits per heavy atom. The maximum Gasteiger partial charge on any atom is 0.227 e. The van der Waals surface area contributed by atoms with Crippen LogP contribution in [0.5, 0.6) is 0 Å². The minimum atomic E-state index is 0.108. The highest BCUT2D eigenvalue weighted by molar-refractivity contribution is 6.24. The Morgan fingerprint density at radius 2 is 1.89 bits per heavy atom. The first-order valence-corrected chi connectivity index (χ1v) is 7.42. The Hall–Kier alpha value is -1.58. The second-order valence-corrected chi connectivity index (χ2v) is 4.81. The molecule has 2 rings (SSSR count). The summed E-state index contributed by atoms with van der Waals surface area (Å²) < 4.78 is 5.86. The smallest absolute Gasteiger partial charge is 0.227 e. The molecule has 0 aromatic heterocycles. The maximum atomic E-state index is 5.86. The summed E-state index contributed by atoms with van der Waals surface area (Å²) in [5.41, 5.74) is 9.04. The van der Waals surface area contributed by atoms with E-state index < -0.39 is 0 Å². The molecule has 0 saturated carbocycles. The van der Waals surface area contributed by atoms with Crippen molar-refractivity contribution in [2.75, 3.05) is 5.73 Å². The predicted molar refractivity (Wildman–Crippen MR) is 76.4 cm³/mol. The van der Waals surface area contributed by atoms with Crippen molar-refractivity contribution in [3.05, 3.63) is 65.7 Å². The van der Waals surface area contributed by atoms with Gasteiger partial charge in [-0.25, -0.2) is 0 Å². The zero-order valence-electron chi connectivity index (χ0n) is 10.5. The van der Waals surface area contributed by atoms with E-state index >= 15 is 0 Å². The Labute approximate surface area is 111 Å². The molecule has 0 aliphatic carbocycles. The fourth-order valence-electron chi connectivity index (χ4n) is 1.97. The van der Waals surface area contributed by atoms with Crippen molar-refractivity contribution in [3.8, 4) is 0 Å². The van der Waals surface area contributed by atoms with Crippen molar-refractivity contribution in [2.45, 2.75) is 19.1 Å². The van der Waals surface area contributed by atoms with Crippen LogP contribution in [0.4, 0.5) is 5.69 Å². The van der Waals surface area contributed by atoms with Gasteiger partial charge in [-0.2, -0.15) is 0 Å². The average molecular weight is 255 g/mol. The summed E-state index contributed by atoms with van der Waals surface area (Å²) in [7, 11) is 0.481. The van der Waals surface area contributed by atoms with Gasteiger partial charge in [0, 0.05) is 12.1 Å².